The molecule has 1 saturated heterocycles. The van der Waals surface area contributed by atoms with E-state index in [2.05, 4.69) is 24.7 Å². The molecule has 1 aromatic rings. The fourth-order valence-corrected chi connectivity index (χ4v) is 2.12. The molecule has 106 valence electrons. The summed E-state index contributed by atoms with van der Waals surface area (Å²) < 4.78 is 10.0. The number of carbonyl (C=O) groups excluding carboxylic acids is 1. The Kier molecular flexibility index (Phi) is 4.86. The Morgan fingerprint density at radius 2 is 1.95 bits per heavy atom. The molecule has 0 aliphatic carbocycles. The third-order valence-corrected chi connectivity index (χ3v) is 3.25. The van der Waals surface area contributed by atoms with E-state index in [1.807, 2.05) is 0 Å². The minimum Gasteiger partial charge on any atom is -0.469 e. The molecule has 0 aromatic carbocycles. The molecule has 0 saturated carbocycles. The van der Waals surface area contributed by atoms with E-state index in [1.54, 1.807) is 6.92 Å². The van der Waals surface area contributed by atoms with Gasteiger partial charge in [-0.15, -0.1) is 10.2 Å². The Balaban J connectivity index is 1.69. The van der Waals surface area contributed by atoms with Gasteiger partial charge in [0, 0.05) is 39.6 Å². The predicted molar refractivity (Wildman–Crippen MR) is 67.4 cm³/mol. The van der Waals surface area contributed by atoms with Gasteiger partial charge in [0.15, 0.2) is 0 Å². The Hall–Kier alpha value is -1.47. The number of aromatic nitrogens is 2. The number of methoxy groups -OCH3 is 1. The highest BCUT2D eigenvalue weighted by atomic mass is 16.5. The van der Waals surface area contributed by atoms with Gasteiger partial charge < -0.3 is 14.1 Å². The van der Waals surface area contributed by atoms with E-state index in [9.17, 15) is 4.79 Å². The van der Waals surface area contributed by atoms with Crippen molar-refractivity contribution >= 4 is 5.97 Å². The number of ether oxygens (including phenoxy) is 1. The summed E-state index contributed by atoms with van der Waals surface area (Å²) in [5.74, 6) is 1.12. The Bertz CT molecular complexity index is 413. The van der Waals surface area contributed by atoms with Gasteiger partial charge in [-0.05, 0) is 0 Å². The van der Waals surface area contributed by atoms with Crippen LogP contribution in [0.1, 0.15) is 18.2 Å². The van der Waals surface area contributed by atoms with Crippen molar-refractivity contribution in [3.8, 4) is 0 Å². The maximum Gasteiger partial charge on any atom is 0.306 e. The molecule has 0 spiro atoms. The highest BCUT2D eigenvalue weighted by Gasteiger charge is 2.19. The molecular weight excluding hydrogens is 248 g/mol. The summed E-state index contributed by atoms with van der Waals surface area (Å²) in [5, 5.41) is 7.82. The smallest absolute Gasteiger partial charge is 0.306 e. The summed E-state index contributed by atoms with van der Waals surface area (Å²) in [7, 11) is 1.42. The molecule has 7 heteroatoms. The van der Waals surface area contributed by atoms with Crippen LogP contribution in [0.15, 0.2) is 4.42 Å². The van der Waals surface area contributed by atoms with E-state index < -0.39 is 0 Å². The topological polar surface area (TPSA) is 71.7 Å². The third-order valence-electron chi connectivity index (χ3n) is 3.25. The Labute approximate surface area is 112 Å². The molecule has 1 aromatic heterocycles. The Morgan fingerprint density at radius 1 is 1.26 bits per heavy atom. The highest BCUT2D eigenvalue weighted by Crippen LogP contribution is 2.08. The van der Waals surface area contributed by atoms with Crippen molar-refractivity contribution in [1.29, 1.82) is 0 Å². The number of hydrogen-bond donors (Lipinski definition) is 0. The fourth-order valence-electron chi connectivity index (χ4n) is 2.12. The van der Waals surface area contributed by atoms with Gasteiger partial charge in [-0.25, -0.2) is 0 Å². The van der Waals surface area contributed by atoms with Gasteiger partial charge in [-0.1, -0.05) is 0 Å². The van der Waals surface area contributed by atoms with Crippen molar-refractivity contribution in [3.05, 3.63) is 11.8 Å². The van der Waals surface area contributed by atoms with Gasteiger partial charge in [-0.2, -0.15) is 0 Å². The van der Waals surface area contributed by atoms with Crippen molar-refractivity contribution in [2.45, 2.75) is 19.9 Å². The van der Waals surface area contributed by atoms with Crippen molar-refractivity contribution in [2.75, 3.05) is 39.8 Å². The van der Waals surface area contributed by atoms with Gasteiger partial charge in [-0.3, -0.25) is 9.69 Å². The zero-order valence-corrected chi connectivity index (χ0v) is 11.5. The molecule has 0 N–H and O–H groups in total. The summed E-state index contributed by atoms with van der Waals surface area (Å²) in [4.78, 5) is 15.6. The zero-order valence-electron chi connectivity index (χ0n) is 11.5. The van der Waals surface area contributed by atoms with Crippen LogP contribution >= 0.6 is 0 Å². The van der Waals surface area contributed by atoms with Gasteiger partial charge in [0.1, 0.15) is 0 Å². The average molecular weight is 268 g/mol. The molecule has 7 nitrogen and oxygen atoms in total. The lowest BCUT2D eigenvalue weighted by atomic mass is 10.3. The minimum absolute atomic E-state index is 0.149. The van der Waals surface area contributed by atoms with Crippen LogP contribution in [0.25, 0.3) is 0 Å². The first kappa shape index (κ1) is 14.0. The van der Waals surface area contributed by atoms with Crippen molar-refractivity contribution in [2.24, 2.45) is 0 Å². The number of aryl methyl sites for hydroxylation is 1. The van der Waals surface area contributed by atoms with Crippen LogP contribution in [-0.4, -0.2) is 65.8 Å². The molecule has 0 bridgehead atoms. The second-order valence-corrected chi connectivity index (χ2v) is 4.66. The molecule has 0 radical (unpaired) electrons. The summed E-state index contributed by atoms with van der Waals surface area (Å²) in [6.45, 7) is 7.05. The molecular formula is C12H20N4O3. The normalized spacial score (nSPS) is 17.6. The summed E-state index contributed by atoms with van der Waals surface area (Å²) >= 11 is 0. The van der Waals surface area contributed by atoms with Crippen LogP contribution in [-0.2, 0) is 16.1 Å². The molecule has 0 amide bonds. The van der Waals surface area contributed by atoms with Crippen LogP contribution in [0.3, 0.4) is 0 Å². The van der Waals surface area contributed by atoms with Gasteiger partial charge in [0.2, 0.25) is 11.8 Å². The molecule has 19 heavy (non-hydrogen) atoms. The van der Waals surface area contributed by atoms with Crippen molar-refractivity contribution < 1.29 is 13.9 Å². The largest absolute Gasteiger partial charge is 0.469 e. The second kappa shape index (κ2) is 6.63. The highest BCUT2D eigenvalue weighted by molar-refractivity contribution is 5.69. The Morgan fingerprint density at radius 3 is 2.53 bits per heavy atom. The average Bonchev–Trinajstić information content (AvgIpc) is 2.83. The molecule has 2 heterocycles. The number of esters is 1. The monoisotopic (exact) mass is 268 g/mol. The number of rotatable bonds is 5. The first-order chi connectivity index (χ1) is 9.17. The minimum atomic E-state index is -0.149. The molecule has 0 unspecified atom stereocenters. The van der Waals surface area contributed by atoms with Gasteiger partial charge >= 0.3 is 5.97 Å². The van der Waals surface area contributed by atoms with Crippen LogP contribution in [0.2, 0.25) is 0 Å². The lowest BCUT2D eigenvalue weighted by Gasteiger charge is -2.33. The van der Waals surface area contributed by atoms with Crippen molar-refractivity contribution in [3.63, 3.8) is 0 Å². The van der Waals surface area contributed by atoms with Crippen LogP contribution in [0, 0.1) is 6.92 Å². The zero-order chi connectivity index (χ0) is 13.7. The van der Waals surface area contributed by atoms with Crippen molar-refractivity contribution in [1.82, 2.24) is 20.0 Å². The third kappa shape index (κ3) is 4.29. The summed E-state index contributed by atoms with van der Waals surface area (Å²) in [6.07, 6.45) is 0.458. The number of hydrogen-bond acceptors (Lipinski definition) is 7. The van der Waals surface area contributed by atoms with Gasteiger partial charge in [0.05, 0.1) is 20.1 Å². The van der Waals surface area contributed by atoms with Crippen LogP contribution < -0.4 is 0 Å². The number of nitrogens with zero attached hydrogens (tertiary/aromatic N) is 4. The van der Waals surface area contributed by atoms with E-state index in [0.717, 1.165) is 32.7 Å². The molecule has 0 atom stereocenters. The molecule has 2 rings (SSSR count). The lowest BCUT2D eigenvalue weighted by molar-refractivity contribution is -0.141. The van der Waals surface area contributed by atoms with E-state index >= 15 is 0 Å². The lowest BCUT2D eigenvalue weighted by Crippen LogP contribution is -2.46. The van der Waals surface area contributed by atoms with Crippen LogP contribution in [0.5, 0.6) is 0 Å². The number of carbonyl (C=O) groups is 1. The molecule has 1 fully saturated rings. The molecule has 1 aliphatic rings. The fraction of sp³-hybridized carbons (Fsp3) is 0.750. The van der Waals surface area contributed by atoms with E-state index in [-0.39, 0.29) is 5.97 Å². The summed E-state index contributed by atoms with van der Waals surface area (Å²) in [6, 6.07) is 0. The second-order valence-electron chi connectivity index (χ2n) is 4.66. The van der Waals surface area contributed by atoms with E-state index in [4.69, 9.17) is 4.42 Å². The van der Waals surface area contributed by atoms with Gasteiger partial charge in [0.25, 0.3) is 0 Å². The SMILES string of the molecule is COC(=O)CCN1CCN(Cc2nnc(C)o2)CC1. The van der Waals surface area contributed by atoms with E-state index in [1.165, 1.54) is 7.11 Å². The standard InChI is InChI=1S/C12H20N4O3/c1-10-13-14-11(19-10)9-16-7-5-15(6-8-16)4-3-12(17)18-2/h3-9H2,1-2H3. The predicted octanol–water partition coefficient (Wildman–Crippen LogP) is 0.0587. The molecule has 1 aliphatic heterocycles. The van der Waals surface area contributed by atoms with E-state index in [0.29, 0.717) is 24.7 Å². The summed E-state index contributed by atoms with van der Waals surface area (Å²) in [5.41, 5.74) is 0. The maximum atomic E-state index is 11.1. The number of piperazine rings is 1. The first-order valence-corrected chi connectivity index (χ1v) is 6.48. The maximum absolute atomic E-state index is 11.1. The first-order valence-electron chi connectivity index (χ1n) is 6.48. The quantitative estimate of drug-likeness (QED) is 0.699. The van der Waals surface area contributed by atoms with Crippen LogP contribution in [0.4, 0.5) is 0 Å².